The number of rotatable bonds is 2. The summed E-state index contributed by atoms with van der Waals surface area (Å²) in [6, 6.07) is 0.994. The van der Waals surface area contributed by atoms with E-state index in [2.05, 4.69) is 31.9 Å². The second-order valence-electron chi connectivity index (χ2n) is 3.66. The number of hydrogen-bond donors (Lipinski definition) is 1. The second-order valence-corrected chi connectivity index (χ2v) is 8.03. The summed E-state index contributed by atoms with van der Waals surface area (Å²) in [5.74, 6) is 0.0854. The van der Waals surface area contributed by atoms with E-state index >= 15 is 0 Å². The molecule has 0 aliphatic carbocycles. The minimum atomic E-state index is -0.940. The van der Waals surface area contributed by atoms with Crippen LogP contribution in [0.1, 0.15) is 9.67 Å². The topological polar surface area (TPSA) is 57.6 Å². The van der Waals surface area contributed by atoms with Crippen LogP contribution in [0, 0.1) is 0 Å². The fourth-order valence-electron chi connectivity index (χ4n) is 1.64. The van der Waals surface area contributed by atoms with E-state index in [1.54, 1.807) is 17.8 Å². The Labute approximate surface area is 129 Å². The van der Waals surface area contributed by atoms with E-state index in [1.807, 2.05) is 0 Å². The van der Waals surface area contributed by atoms with Gasteiger partial charge in [-0.1, -0.05) is 0 Å². The predicted octanol–water partition coefficient (Wildman–Crippen LogP) is 2.92. The number of nitrogens with zero attached hydrogens (tertiary/aromatic N) is 1. The molecular formula is C10H9Br2NO3S2. The van der Waals surface area contributed by atoms with Crippen molar-refractivity contribution >= 4 is 66.8 Å². The van der Waals surface area contributed by atoms with E-state index in [4.69, 9.17) is 5.11 Å². The van der Waals surface area contributed by atoms with Crippen LogP contribution in [0.25, 0.3) is 0 Å². The van der Waals surface area contributed by atoms with Gasteiger partial charge in [0.05, 0.1) is 8.66 Å². The SMILES string of the molecule is O=C(O)C1CSCCN1C(=O)c1cc(Br)c(Br)s1. The smallest absolute Gasteiger partial charge is 0.327 e. The third-order valence-corrected chi connectivity index (χ3v) is 6.80. The third kappa shape index (κ3) is 2.92. The first-order chi connectivity index (χ1) is 8.50. The standard InChI is InChI=1S/C10H9Br2NO3S2/c11-5-3-7(18-8(5)12)9(14)13-1-2-17-4-6(13)10(15)16/h3,6H,1-2,4H2,(H,15,16). The highest BCUT2D eigenvalue weighted by molar-refractivity contribution is 9.13. The largest absolute Gasteiger partial charge is 0.480 e. The van der Waals surface area contributed by atoms with Crippen LogP contribution in [0.2, 0.25) is 0 Å². The lowest BCUT2D eigenvalue weighted by Gasteiger charge is -2.32. The zero-order valence-electron chi connectivity index (χ0n) is 9.06. The number of thiophene rings is 1. The number of hydrogen-bond acceptors (Lipinski definition) is 4. The number of thioether (sulfide) groups is 1. The normalized spacial score (nSPS) is 19.9. The summed E-state index contributed by atoms with van der Waals surface area (Å²) in [5, 5.41) is 9.14. The predicted molar refractivity (Wildman–Crippen MR) is 79.5 cm³/mol. The van der Waals surface area contributed by atoms with Gasteiger partial charge >= 0.3 is 5.97 Å². The summed E-state index contributed by atoms with van der Waals surface area (Å²) < 4.78 is 1.65. The Hall–Kier alpha value is -0.0500. The molecule has 2 rings (SSSR count). The average molecular weight is 415 g/mol. The maximum atomic E-state index is 12.3. The Morgan fingerprint density at radius 3 is 2.72 bits per heavy atom. The van der Waals surface area contributed by atoms with Gasteiger partial charge in [0.25, 0.3) is 5.91 Å². The molecule has 0 aromatic carbocycles. The highest BCUT2D eigenvalue weighted by atomic mass is 79.9. The van der Waals surface area contributed by atoms with E-state index in [9.17, 15) is 9.59 Å². The van der Waals surface area contributed by atoms with Crippen molar-refractivity contribution in [2.75, 3.05) is 18.1 Å². The van der Waals surface area contributed by atoms with Crippen LogP contribution in [0.4, 0.5) is 0 Å². The van der Waals surface area contributed by atoms with Gasteiger partial charge in [-0.3, -0.25) is 4.79 Å². The molecule has 1 amide bonds. The highest BCUT2D eigenvalue weighted by Gasteiger charge is 2.33. The van der Waals surface area contributed by atoms with Crippen molar-refractivity contribution in [1.29, 1.82) is 0 Å². The van der Waals surface area contributed by atoms with Crippen molar-refractivity contribution in [3.63, 3.8) is 0 Å². The maximum Gasteiger partial charge on any atom is 0.327 e. The van der Waals surface area contributed by atoms with E-state index in [0.717, 1.165) is 14.0 Å². The van der Waals surface area contributed by atoms with Gasteiger partial charge in [-0.25, -0.2) is 4.79 Å². The third-order valence-electron chi connectivity index (χ3n) is 2.53. The molecule has 1 saturated heterocycles. The summed E-state index contributed by atoms with van der Waals surface area (Å²) in [5.41, 5.74) is 0. The summed E-state index contributed by atoms with van der Waals surface area (Å²) in [6.45, 7) is 0.480. The molecule has 18 heavy (non-hydrogen) atoms. The van der Waals surface area contributed by atoms with Gasteiger partial charge in [0.1, 0.15) is 6.04 Å². The first-order valence-electron chi connectivity index (χ1n) is 5.07. The second kappa shape index (κ2) is 5.94. The summed E-state index contributed by atoms with van der Waals surface area (Å²) in [6.07, 6.45) is 0. The number of aliphatic carboxylic acids is 1. The lowest BCUT2D eigenvalue weighted by atomic mass is 10.2. The Morgan fingerprint density at radius 1 is 1.44 bits per heavy atom. The number of carboxylic acids is 1. The molecule has 8 heteroatoms. The molecule has 1 aliphatic heterocycles. The Morgan fingerprint density at radius 2 is 2.17 bits per heavy atom. The van der Waals surface area contributed by atoms with Gasteiger partial charge < -0.3 is 10.0 Å². The van der Waals surface area contributed by atoms with Gasteiger partial charge in [0, 0.05) is 22.5 Å². The molecule has 1 unspecified atom stereocenters. The zero-order valence-corrected chi connectivity index (χ0v) is 13.9. The van der Waals surface area contributed by atoms with Crippen molar-refractivity contribution in [1.82, 2.24) is 4.90 Å². The number of carbonyl (C=O) groups excluding carboxylic acids is 1. The number of amides is 1. The van der Waals surface area contributed by atoms with Gasteiger partial charge in [-0.05, 0) is 37.9 Å². The van der Waals surface area contributed by atoms with Crippen molar-refractivity contribution in [3.8, 4) is 0 Å². The van der Waals surface area contributed by atoms with Gasteiger partial charge in [0.15, 0.2) is 0 Å². The quantitative estimate of drug-likeness (QED) is 0.808. The van der Waals surface area contributed by atoms with Crippen LogP contribution in [0.15, 0.2) is 14.3 Å². The molecule has 1 aliphatic rings. The van der Waals surface area contributed by atoms with Gasteiger partial charge in [-0.15, -0.1) is 11.3 Å². The van der Waals surface area contributed by atoms with Crippen LogP contribution < -0.4 is 0 Å². The first-order valence-corrected chi connectivity index (χ1v) is 8.62. The maximum absolute atomic E-state index is 12.3. The van der Waals surface area contributed by atoms with Crippen LogP contribution >= 0.6 is 55.0 Å². The zero-order chi connectivity index (χ0) is 13.3. The minimum Gasteiger partial charge on any atom is -0.480 e. The Balaban J connectivity index is 2.23. The van der Waals surface area contributed by atoms with Crippen LogP contribution in [0.3, 0.4) is 0 Å². The number of carbonyl (C=O) groups is 2. The monoisotopic (exact) mass is 413 g/mol. The molecule has 0 bridgehead atoms. The van der Waals surface area contributed by atoms with Crippen molar-refractivity contribution < 1.29 is 14.7 Å². The van der Waals surface area contributed by atoms with Gasteiger partial charge in [-0.2, -0.15) is 11.8 Å². The lowest BCUT2D eigenvalue weighted by Crippen LogP contribution is -2.50. The molecular weight excluding hydrogens is 406 g/mol. The molecule has 1 fully saturated rings. The van der Waals surface area contributed by atoms with Gasteiger partial charge in [0.2, 0.25) is 0 Å². The Kier molecular flexibility index (Phi) is 4.74. The summed E-state index contributed by atoms with van der Waals surface area (Å²) in [4.78, 5) is 25.4. The first kappa shape index (κ1) is 14.4. The van der Waals surface area contributed by atoms with E-state index < -0.39 is 12.0 Å². The fraction of sp³-hybridized carbons (Fsp3) is 0.400. The molecule has 98 valence electrons. The molecule has 2 heterocycles. The minimum absolute atomic E-state index is 0.209. The number of halogens is 2. The summed E-state index contributed by atoms with van der Waals surface area (Å²) >= 11 is 9.53. The molecule has 4 nitrogen and oxygen atoms in total. The Bertz CT molecular complexity index is 472. The van der Waals surface area contributed by atoms with Crippen molar-refractivity contribution in [2.24, 2.45) is 0 Å². The van der Waals surface area contributed by atoms with E-state index in [-0.39, 0.29) is 5.91 Å². The summed E-state index contributed by atoms with van der Waals surface area (Å²) in [7, 11) is 0. The highest BCUT2D eigenvalue weighted by Crippen LogP contribution is 2.33. The molecule has 0 radical (unpaired) electrons. The lowest BCUT2D eigenvalue weighted by molar-refractivity contribution is -0.141. The molecule has 1 aromatic rings. The molecule has 1 atom stereocenters. The van der Waals surface area contributed by atoms with Crippen LogP contribution in [0.5, 0.6) is 0 Å². The molecule has 1 aromatic heterocycles. The van der Waals surface area contributed by atoms with Crippen molar-refractivity contribution in [3.05, 3.63) is 19.2 Å². The van der Waals surface area contributed by atoms with E-state index in [1.165, 1.54) is 16.2 Å². The molecule has 1 N–H and O–H groups in total. The van der Waals surface area contributed by atoms with Crippen LogP contribution in [-0.4, -0.2) is 46.0 Å². The number of carboxylic acid groups (broad SMARTS) is 1. The average Bonchev–Trinajstić information content (AvgIpc) is 2.68. The molecule has 0 saturated carbocycles. The fourth-order valence-corrected chi connectivity index (χ4v) is 4.67. The van der Waals surface area contributed by atoms with Crippen LogP contribution in [-0.2, 0) is 4.79 Å². The van der Waals surface area contributed by atoms with Crippen molar-refractivity contribution in [2.45, 2.75) is 6.04 Å². The molecule has 0 spiro atoms. The van der Waals surface area contributed by atoms with E-state index in [0.29, 0.717) is 17.2 Å².